The third-order valence-corrected chi connectivity index (χ3v) is 11.2. The average Bonchev–Trinajstić information content (AvgIpc) is 3.14. The molecule has 12 nitrogen and oxygen atoms in total. The lowest BCUT2D eigenvalue weighted by Crippen LogP contribution is -2.60. The second-order valence-corrected chi connectivity index (χ2v) is 17.2. The van der Waals surface area contributed by atoms with Gasteiger partial charge in [-0.05, 0) is 12.8 Å². The number of rotatable bonds is 37. The Labute approximate surface area is 333 Å². The lowest BCUT2D eigenvalue weighted by molar-refractivity contribution is -0.297. The minimum absolute atomic E-state index is 0.172. The number of aliphatic hydroxyl groups excluding tert-OH is 3. The molecule has 13 heteroatoms. The fourth-order valence-electron chi connectivity index (χ4n) is 6.97. The number of ether oxygens (including phenoxy) is 4. The molecule has 0 aromatic rings. The van der Waals surface area contributed by atoms with Gasteiger partial charge in [0.15, 0.2) is 12.4 Å². The van der Waals surface area contributed by atoms with Crippen molar-refractivity contribution in [1.82, 2.24) is 0 Å². The third-order valence-electron chi connectivity index (χ3n) is 10.4. The van der Waals surface area contributed by atoms with Gasteiger partial charge < -0.3 is 34.3 Å². The van der Waals surface area contributed by atoms with Gasteiger partial charge in [0.05, 0.1) is 6.61 Å². The number of aliphatic hydroxyl groups is 3. The van der Waals surface area contributed by atoms with E-state index in [0.717, 1.165) is 38.5 Å². The molecule has 326 valence electrons. The zero-order valence-corrected chi connectivity index (χ0v) is 35.4. The predicted molar refractivity (Wildman–Crippen MR) is 215 cm³/mol. The number of unbranched alkanes of at least 4 members (excludes halogenated alkanes) is 25. The van der Waals surface area contributed by atoms with Crippen molar-refractivity contribution in [1.29, 1.82) is 0 Å². The maximum Gasteiger partial charge on any atom is 0.306 e. The summed E-state index contributed by atoms with van der Waals surface area (Å²) in [6.45, 7) is 3.76. The normalized spacial score (nSPS) is 20.7. The molecule has 4 N–H and O–H groups in total. The summed E-state index contributed by atoms with van der Waals surface area (Å²) < 4.78 is 54.0. The van der Waals surface area contributed by atoms with Gasteiger partial charge in [-0.25, -0.2) is 0 Å². The molecule has 1 fully saturated rings. The van der Waals surface area contributed by atoms with Gasteiger partial charge in [0.1, 0.15) is 36.8 Å². The van der Waals surface area contributed by atoms with Crippen LogP contribution in [0, 0.1) is 0 Å². The van der Waals surface area contributed by atoms with E-state index in [1.165, 1.54) is 122 Å². The molecule has 1 saturated heterocycles. The molecule has 1 aliphatic rings. The minimum atomic E-state index is -4.59. The fraction of sp³-hybridized carbons (Fsp3) is 0.952. The number of carbonyl (C=O) groups is 2. The van der Waals surface area contributed by atoms with Crippen molar-refractivity contribution in [3.8, 4) is 0 Å². The van der Waals surface area contributed by atoms with Crippen LogP contribution in [0.15, 0.2) is 0 Å². The third kappa shape index (κ3) is 28.7. The SMILES string of the molecule is CCCCCCCCCCCCCCCCCCC(=O)OC(COC(=O)CCCCCCCCCCCCC)COC1OC(CS(=O)(=O)O)C(O)C(O)C1O. The van der Waals surface area contributed by atoms with Crippen LogP contribution in [0.3, 0.4) is 0 Å². The first-order chi connectivity index (χ1) is 26.5. The first-order valence-corrected chi connectivity index (χ1v) is 23.7. The molecule has 0 spiro atoms. The van der Waals surface area contributed by atoms with E-state index in [2.05, 4.69) is 13.8 Å². The standard InChI is InChI=1S/C42H80O12S/c1-3-5-7-9-11-13-15-16-17-18-19-21-23-25-27-29-31-38(44)53-35(32-51-37(43)30-28-26-24-22-20-14-12-10-8-6-4-2)33-52-42-41(47)40(46)39(45)36(54-42)34-55(48,49)50/h35-36,39-42,45-47H,3-34H2,1-2H3,(H,48,49,50). The molecule has 1 rings (SSSR count). The Hall–Kier alpha value is -1.35. The Morgan fingerprint density at radius 1 is 0.545 bits per heavy atom. The molecule has 0 aliphatic carbocycles. The largest absolute Gasteiger partial charge is 0.462 e. The molecular weight excluding hydrogens is 729 g/mol. The molecule has 0 bridgehead atoms. The molecular formula is C42H80O12S. The number of esters is 2. The Balaban J connectivity index is 2.44. The zero-order chi connectivity index (χ0) is 40.6. The fourth-order valence-corrected chi connectivity index (χ4v) is 7.66. The maximum absolute atomic E-state index is 12.8. The zero-order valence-electron chi connectivity index (χ0n) is 34.6. The molecule has 0 amide bonds. The van der Waals surface area contributed by atoms with Crippen LogP contribution in [0.2, 0.25) is 0 Å². The lowest BCUT2D eigenvalue weighted by Gasteiger charge is -2.40. The summed E-state index contributed by atoms with van der Waals surface area (Å²) in [6, 6.07) is 0. The molecule has 1 aliphatic heterocycles. The van der Waals surface area contributed by atoms with Gasteiger partial charge in [0.2, 0.25) is 0 Å². The van der Waals surface area contributed by atoms with Gasteiger partial charge in [-0.2, -0.15) is 8.42 Å². The molecule has 55 heavy (non-hydrogen) atoms. The Bertz CT molecular complexity index is 1040. The summed E-state index contributed by atoms with van der Waals surface area (Å²) in [5.74, 6) is -1.97. The van der Waals surface area contributed by atoms with E-state index < -0.39 is 71.2 Å². The topological polar surface area (TPSA) is 186 Å². The Morgan fingerprint density at radius 2 is 0.927 bits per heavy atom. The van der Waals surface area contributed by atoms with E-state index in [1.54, 1.807) is 0 Å². The van der Waals surface area contributed by atoms with E-state index >= 15 is 0 Å². The highest BCUT2D eigenvalue weighted by Crippen LogP contribution is 2.24. The van der Waals surface area contributed by atoms with Gasteiger partial charge in [-0.15, -0.1) is 0 Å². The lowest BCUT2D eigenvalue weighted by atomic mass is 10.00. The summed E-state index contributed by atoms with van der Waals surface area (Å²) in [5.41, 5.74) is 0. The van der Waals surface area contributed by atoms with Gasteiger partial charge in [0, 0.05) is 12.8 Å². The van der Waals surface area contributed by atoms with Gasteiger partial charge in [-0.1, -0.05) is 174 Å². The minimum Gasteiger partial charge on any atom is -0.462 e. The van der Waals surface area contributed by atoms with Crippen LogP contribution in [0.1, 0.15) is 200 Å². The van der Waals surface area contributed by atoms with Crippen molar-refractivity contribution >= 4 is 22.1 Å². The van der Waals surface area contributed by atoms with Crippen molar-refractivity contribution in [3.63, 3.8) is 0 Å². The summed E-state index contributed by atoms with van der Waals surface area (Å²) in [5, 5.41) is 30.8. The summed E-state index contributed by atoms with van der Waals surface area (Å²) in [6.07, 6.45) is 22.9. The number of carbonyl (C=O) groups excluding carboxylic acids is 2. The van der Waals surface area contributed by atoms with Crippen molar-refractivity contribution in [2.24, 2.45) is 0 Å². The number of hydrogen-bond acceptors (Lipinski definition) is 11. The van der Waals surface area contributed by atoms with E-state index in [9.17, 15) is 37.9 Å². The van der Waals surface area contributed by atoms with Crippen LogP contribution in [0.5, 0.6) is 0 Å². The smallest absolute Gasteiger partial charge is 0.306 e. The highest BCUT2D eigenvalue weighted by atomic mass is 32.2. The molecule has 6 unspecified atom stereocenters. The van der Waals surface area contributed by atoms with Gasteiger partial charge >= 0.3 is 11.9 Å². The van der Waals surface area contributed by atoms with Gasteiger partial charge in [0.25, 0.3) is 10.1 Å². The van der Waals surface area contributed by atoms with Crippen molar-refractivity contribution < 1.29 is 56.8 Å². The van der Waals surface area contributed by atoms with Gasteiger partial charge in [-0.3, -0.25) is 14.1 Å². The second-order valence-electron chi connectivity index (χ2n) is 15.7. The molecule has 6 atom stereocenters. The van der Waals surface area contributed by atoms with E-state index in [4.69, 9.17) is 18.9 Å². The Morgan fingerprint density at radius 3 is 1.33 bits per heavy atom. The average molecular weight is 809 g/mol. The molecule has 1 heterocycles. The molecule has 0 radical (unpaired) electrons. The molecule has 0 aromatic carbocycles. The summed E-state index contributed by atoms with van der Waals surface area (Å²) >= 11 is 0. The van der Waals surface area contributed by atoms with E-state index in [-0.39, 0.29) is 19.4 Å². The highest BCUT2D eigenvalue weighted by Gasteiger charge is 2.46. The second kappa shape index (κ2) is 33.6. The van der Waals surface area contributed by atoms with Crippen molar-refractivity contribution in [2.75, 3.05) is 19.0 Å². The van der Waals surface area contributed by atoms with Crippen molar-refractivity contribution in [2.45, 2.75) is 237 Å². The van der Waals surface area contributed by atoms with Crippen LogP contribution >= 0.6 is 0 Å². The summed E-state index contributed by atoms with van der Waals surface area (Å²) in [7, 11) is -4.59. The summed E-state index contributed by atoms with van der Waals surface area (Å²) in [4.78, 5) is 25.3. The van der Waals surface area contributed by atoms with Crippen LogP contribution in [-0.2, 0) is 38.7 Å². The van der Waals surface area contributed by atoms with Crippen molar-refractivity contribution in [3.05, 3.63) is 0 Å². The van der Waals surface area contributed by atoms with Crippen LogP contribution < -0.4 is 0 Å². The van der Waals surface area contributed by atoms with Crippen LogP contribution in [-0.4, -0.2) is 96.0 Å². The number of hydrogen-bond donors (Lipinski definition) is 4. The monoisotopic (exact) mass is 809 g/mol. The predicted octanol–water partition coefficient (Wildman–Crippen LogP) is 8.51. The molecule has 0 aromatic heterocycles. The first-order valence-electron chi connectivity index (χ1n) is 22.1. The quantitative estimate of drug-likeness (QED) is 0.0267. The first kappa shape index (κ1) is 51.7. The molecule has 0 saturated carbocycles. The van der Waals surface area contributed by atoms with Crippen LogP contribution in [0.4, 0.5) is 0 Å². The Kier molecular flexibility index (Phi) is 31.6. The van der Waals surface area contributed by atoms with Crippen LogP contribution in [0.25, 0.3) is 0 Å². The maximum atomic E-state index is 12.8. The van der Waals surface area contributed by atoms with E-state index in [0.29, 0.717) is 12.8 Å². The van der Waals surface area contributed by atoms with E-state index in [1.807, 2.05) is 0 Å². The highest BCUT2D eigenvalue weighted by molar-refractivity contribution is 7.85.